The van der Waals surface area contributed by atoms with E-state index in [2.05, 4.69) is 19.8 Å². The second-order valence-corrected chi connectivity index (χ2v) is 16.6. The minimum Gasteiger partial charge on any atom is -0.493 e. The summed E-state index contributed by atoms with van der Waals surface area (Å²) < 4.78 is 43.5. The summed E-state index contributed by atoms with van der Waals surface area (Å²) in [6.07, 6.45) is 3.71. The highest BCUT2D eigenvalue weighted by Crippen LogP contribution is 2.32. The van der Waals surface area contributed by atoms with Gasteiger partial charge in [0.2, 0.25) is 10.0 Å². The highest BCUT2D eigenvalue weighted by molar-refractivity contribution is 7.89. The maximum absolute atomic E-state index is 13.5. The third-order valence-electron chi connectivity index (χ3n) is 8.47. The predicted molar refractivity (Wildman–Crippen MR) is 197 cm³/mol. The van der Waals surface area contributed by atoms with E-state index < -0.39 is 10.0 Å². The van der Waals surface area contributed by atoms with Crippen LogP contribution in [0.3, 0.4) is 0 Å². The Morgan fingerprint density at radius 2 is 1.94 bits per heavy atom. The molecule has 4 heterocycles. The monoisotopic (exact) mass is 754 g/mol. The fourth-order valence-corrected chi connectivity index (χ4v) is 9.62. The van der Waals surface area contributed by atoms with Crippen LogP contribution >= 0.6 is 32.9 Å². The lowest BCUT2D eigenvalue weighted by molar-refractivity contribution is -0.135. The number of carbonyl (C=O) groups excluding carboxylic acids is 1. The number of nitrogens with one attached hydrogen (secondary N) is 2. The number of carbonyl (C=O) groups is 1. The zero-order valence-corrected chi connectivity index (χ0v) is 31.2. The van der Waals surface area contributed by atoms with Crippen LogP contribution in [0.15, 0.2) is 58.2 Å². The van der Waals surface area contributed by atoms with E-state index in [0.29, 0.717) is 53.5 Å². The van der Waals surface area contributed by atoms with E-state index in [4.69, 9.17) is 21.7 Å². The molecule has 1 saturated heterocycles. The number of hydrogen-bond acceptors (Lipinski definition) is 12. The van der Waals surface area contributed by atoms with Crippen LogP contribution in [0, 0.1) is 10.7 Å². The average Bonchev–Trinajstić information content (AvgIpc) is 3.80. The van der Waals surface area contributed by atoms with Crippen molar-refractivity contribution in [1.29, 1.82) is 0 Å². The molecule has 5 aromatic rings. The first-order valence-electron chi connectivity index (χ1n) is 16.5. The van der Waals surface area contributed by atoms with Gasteiger partial charge < -0.3 is 14.5 Å². The number of ether oxygens (including phenoxy) is 2. The van der Waals surface area contributed by atoms with Crippen molar-refractivity contribution in [3.8, 4) is 33.3 Å². The first-order chi connectivity index (χ1) is 24.1. The Morgan fingerprint density at radius 1 is 1.14 bits per heavy atom. The van der Waals surface area contributed by atoms with Gasteiger partial charge in [-0.2, -0.15) is 0 Å². The first kappa shape index (κ1) is 36.0. The number of sulfonamides is 1. The van der Waals surface area contributed by atoms with Crippen molar-refractivity contribution >= 4 is 54.4 Å². The zero-order chi connectivity index (χ0) is 35.4. The van der Waals surface area contributed by atoms with Crippen LogP contribution in [-0.4, -0.2) is 71.2 Å². The molecule has 12 nitrogen and oxygen atoms in total. The summed E-state index contributed by atoms with van der Waals surface area (Å²) in [5.74, 6) is 1.32. The summed E-state index contributed by atoms with van der Waals surface area (Å²) in [7, 11) is -0.779. The van der Waals surface area contributed by atoms with Gasteiger partial charge in [0.05, 0.1) is 29.3 Å². The number of H-pyrrole nitrogens is 1. The molecule has 264 valence electrons. The highest BCUT2D eigenvalue weighted by Gasteiger charge is 2.28. The smallest absolute Gasteiger partial charge is 0.325 e. The van der Waals surface area contributed by atoms with Gasteiger partial charge in [-0.3, -0.25) is 14.5 Å². The van der Waals surface area contributed by atoms with Crippen molar-refractivity contribution in [3.63, 3.8) is 0 Å². The summed E-state index contributed by atoms with van der Waals surface area (Å²) in [5.41, 5.74) is 1.91. The maximum Gasteiger partial charge on any atom is 0.325 e. The molecular formula is C34H38N6O6S4. The lowest BCUT2D eigenvalue weighted by Gasteiger charge is -2.23. The van der Waals surface area contributed by atoms with Crippen LogP contribution < -0.4 is 19.8 Å². The Balaban J connectivity index is 1.11. The summed E-state index contributed by atoms with van der Waals surface area (Å²) >= 11 is 5.22. The molecule has 0 amide bonds. The lowest BCUT2D eigenvalue weighted by Crippen LogP contribution is -2.38. The van der Waals surface area contributed by atoms with Crippen LogP contribution in [0.5, 0.6) is 11.5 Å². The number of aromatic nitrogens is 4. The molecule has 0 aliphatic carbocycles. The number of fused-ring (bicyclic) bond motifs is 1. The van der Waals surface area contributed by atoms with E-state index >= 15 is 0 Å². The van der Waals surface area contributed by atoms with Gasteiger partial charge >= 0.3 is 5.97 Å². The molecule has 1 atom stereocenters. The molecule has 2 N–H and O–H groups in total. The largest absolute Gasteiger partial charge is 0.493 e. The molecule has 3 aromatic heterocycles. The van der Waals surface area contributed by atoms with E-state index in [1.165, 1.54) is 16.6 Å². The third kappa shape index (κ3) is 8.05. The number of likely N-dealkylation sites (tertiary alicyclic amines) is 1. The minimum atomic E-state index is -3.94. The molecule has 1 aliphatic heterocycles. The molecule has 6 rings (SSSR count). The minimum absolute atomic E-state index is 0.0106. The first-order valence-corrected chi connectivity index (χ1v) is 20.5. The number of esters is 1. The van der Waals surface area contributed by atoms with E-state index in [1.807, 2.05) is 36.9 Å². The Morgan fingerprint density at radius 3 is 2.66 bits per heavy atom. The lowest BCUT2D eigenvalue weighted by atomic mass is 10.1. The quantitative estimate of drug-likeness (QED) is 0.0599. The molecule has 2 aromatic carbocycles. The van der Waals surface area contributed by atoms with Crippen molar-refractivity contribution in [3.05, 3.63) is 74.2 Å². The average molecular weight is 755 g/mol. The van der Waals surface area contributed by atoms with E-state index in [-0.39, 0.29) is 41.4 Å². The van der Waals surface area contributed by atoms with Crippen molar-refractivity contribution in [2.75, 3.05) is 26.2 Å². The van der Waals surface area contributed by atoms with Crippen LogP contribution in [0.2, 0.25) is 0 Å². The molecule has 50 heavy (non-hydrogen) atoms. The van der Waals surface area contributed by atoms with E-state index in [9.17, 15) is 18.0 Å². The molecule has 0 bridgehead atoms. The Labute approximate surface area is 302 Å². The van der Waals surface area contributed by atoms with Crippen molar-refractivity contribution in [2.24, 2.45) is 0 Å². The molecule has 1 fully saturated rings. The Bertz CT molecular complexity index is 2220. The number of aromatic amines is 1. The van der Waals surface area contributed by atoms with Crippen molar-refractivity contribution in [1.82, 2.24) is 29.2 Å². The van der Waals surface area contributed by atoms with Crippen molar-refractivity contribution in [2.45, 2.75) is 63.8 Å². The van der Waals surface area contributed by atoms with Gasteiger partial charge in [0.25, 0.3) is 5.56 Å². The summed E-state index contributed by atoms with van der Waals surface area (Å²) in [6.45, 7) is 6.94. The van der Waals surface area contributed by atoms with Gasteiger partial charge in [-0.05, 0) is 100 Å². The summed E-state index contributed by atoms with van der Waals surface area (Å²) in [5, 5.41) is 4.66. The topological polar surface area (TPSA) is 148 Å². The van der Waals surface area contributed by atoms with Gasteiger partial charge in [-0.1, -0.05) is 39.8 Å². The second kappa shape index (κ2) is 15.6. The van der Waals surface area contributed by atoms with E-state index in [1.54, 1.807) is 45.8 Å². The standard InChI is InChI=1S/C34H38N6O6S4/c1-4-7-29-36-21(3)32-34(42)37-33(38-40(29)32)26-18-25(13-14-27(26)45-5-2)50(43,44)35-16-15-23-8-6-17-39(23)20-30(41)46-24-11-9-22(10-12-24)28-19-31(47)49-48-28/h9-14,18-19,23,35H,4-8,15-17,20H2,1-3H3,(H,37,38,42). The van der Waals surface area contributed by atoms with Crippen LogP contribution in [0.1, 0.15) is 51.0 Å². The Hall–Kier alpha value is -3.80. The molecule has 1 aliphatic rings. The summed E-state index contributed by atoms with van der Waals surface area (Å²) in [4.78, 5) is 36.4. The number of rotatable bonds is 14. The SMILES string of the molecule is CCCc1nc(C)c2c(=O)[nH]c(-c3cc(S(=O)(=O)NCCC4CCCN4CC(=O)Oc4ccc(-c5cc(=S)ss5)cc4)ccc3OCC)nn12. The number of aryl methyl sites for hydroxylation is 2. The van der Waals surface area contributed by atoms with Gasteiger partial charge in [0.1, 0.15) is 21.1 Å². The number of hydrogen-bond donors (Lipinski definition) is 2. The molecule has 0 saturated carbocycles. The molecular weight excluding hydrogens is 717 g/mol. The third-order valence-corrected chi connectivity index (χ3v) is 12.8. The van der Waals surface area contributed by atoms with Crippen LogP contribution in [-0.2, 0) is 21.2 Å². The van der Waals surface area contributed by atoms with Crippen LogP contribution in [0.4, 0.5) is 0 Å². The highest BCUT2D eigenvalue weighted by atomic mass is 32.9. The zero-order valence-electron chi connectivity index (χ0n) is 27.9. The Kier molecular flexibility index (Phi) is 11.2. The van der Waals surface area contributed by atoms with Gasteiger partial charge in [-0.25, -0.2) is 22.6 Å². The number of imidazole rings is 1. The molecule has 16 heteroatoms. The van der Waals surface area contributed by atoms with Crippen LogP contribution in [0.25, 0.3) is 27.3 Å². The predicted octanol–water partition coefficient (Wildman–Crippen LogP) is 6.00. The fraction of sp³-hybridized carbons (Fsp3) is 0.382. The maximum atomic E-state index is 13.5. The van der Waals surface area contributed by atoms with Gasteiger partial charge in [0, 0.05) is 23.9 Å². The number of nitrogens with zero attached hydrogens (tertiary/aromatic N) is 4. The van der Waals surface area contributed by atoms with Gasteiger partial charge in [0.15, 0.2) is 11.3 Å². The summed E-state index contributed by atoms with van der Waals surface area (Å²) in [6, 6.07) is 13.9. The van der Waals surface area contributed by atoms with Gasteiger partial charge in [-0.15, -0.1) is 5.10 Å². The van der Waals surface area contributed by atoms with Crippen molar-refractivity contribution < 1.29 is 22.7 Å². The molecule has 0 spiro atoms. The normalized spacial score (nSPS) is 15.1. The molecule has 1 unspecified atom stereocenters. The fourth-order valence-electron chi connectivity index (χ4n) is 6.15. The number of benzene rings is 2. The van der Waals surface area contributed by atoms with E-state index in [0.717, 1.165) is 40.1 Å². The molecule has 0 radical (unpaired) electrons. The second-order valence-electron chi connectivity index (χ2n) is 12.0.